The Morgan fingerprint density at radius 1 is 0.966 bits per heavy atom. The number of amides is 1. The second-order valence-electron chi connectivity index (χ2n) is 6.49. The van der Waals surface area contributed by atoms with E-state index >= 15 is 0 Å². The highest BCUT2D eigenvalue weighted by molar-refractivity contribution is 5.93. The van der Waals surface area contributed by atoms with Gasteiger partial charge in [-0.25, -0.2) is 18.7 Å². The number of benzene rings is 2. The van der Waals surface area contributed by atoms with E-state index in [1.54, 1.807) is 4.90 Å². The predicted octanol–water partition coefficient (Wildman–Crippen LogP) is 3.64. The van der Waals surface area contributed by atoms with Crippen LogP contribution in [0.5, 0.6) is 0 Å². The van der Waals surface area contributed by atoms with Gasteiger partial charge < -0.3 is 15.0 Å². The topological polar surface area (TPSA) is 67.4 Å². The Morgan fingerprint density at radius 3 is 2.45 bits per heavy atom. The average Bonchev–Trinajstić information content (AvgIpc) is 2.77. The molecule has 2 aromatic carbocycles. The standard InChI is InChI=1S/C21H18F2N4O2/c22-16-7-6-15(12-17(16)23)24-19-13-18(21(28)27-8-10-29-11-9-27)25-20(26-19)14-4-2-1-3-5-14/h1-7,12-13H,8-11H2,(H,24,25,26). The molecule has 1 amide bonds. The van der Waals surface area contributed by atoms with Gasteiger partial charge in [0.1, 0.15) is 11.5 Å². The zero-order valence-corrected chi connectivity index (χ0v) is 15.4. The molecule has 0 unspecified atom stereocenters. The van der Waals surface area contributed by atoms with E-state index in [1.807, 2.05) is 30.3 Å². The van der Waals surface area contributed by atoms with E-state index < -0.39 is 11.6 Å². The minimum atomic E-state index is -0.975. The second-order valence-corrected chi connectivity index (χ2v) is 6.49. The van der Waals surface area contributed by atoms with Crippen LogP contribution in [0.4, 0.5) is 20.3 Å². The van der Waals surface area contributed by atoms with Gasteiger partial charge in [-0.1, -0.05) is 30.3 Å². The fraction of sp³-hybridized carbons (Fsp3) is 0.190. The summed E-state index contributed by atoms with van der Waals surface area (Å²) in [5, 5.41) is 2.93. The molecule has 1 saturated heterocycles. The number of carbonyl (C=O) groups excluding carboxylic acids is 1. The number of hydrogen-bond acceptors (Lipinski definition) is 5. The lowest BCUT2D eigenvalue weighted by atomic mass is 10.2. The summed E-state index contributed by atoms with van der Waals surface area (Å²) in [6, 6.07) is 14.2. The number of nitrogens with zero attached hydrogens (tertiary/aromatic N) is 3. The normalized spacial score (nSPS) is 13.9. The molecule has 29 heavy (non-hydrogen) atoms. The monoisotopic (exact) mass is 396 g/mol. The Morgan fingerprint density at radius 2 is 1.72 bits per heavy atom. The van der Waals surface area contributed by atoms with E-state index in [2.05, 4.69) is 15.3 Å². The molecule has 0 bridgehead atoms. The maximum Gasteiger partial charge on any atom is 0.272 e. The van der Waals surface area contributed by atoms with Gasteiger partial charge in [0.25, 0.3) is 5.91 Å². The van der Waals surface area contributed by atoms with E-state index in [-0.39, 0.29) is 11.6 Å². The van der Waals surface area contributed by atoms with E-state index in [4.69, 9.17) is 4.74 Å². The van der Waals surface area contributed by atoms with Crippen LogP contribution in [0.2, 0.25) is 0 Å². The van der Waals surface area contributed by atoms with Crippen molar-refractivity contribution in [3.05, 3.63) is 71.9 Å². The molecule has 8 heteroatoms. The van der Waals surface area contributed by atoms with Gasteiger partial charge in [0.2, 0.25) is 0 Å². The lowest BCUT2D eigenvalue weighted by Gasteiger charge is -2.26. The minimum absolute atomic E-state index is 0.214. The van der Waals surface area contributed by atoms with Crippen LogP contribution < -0.4 is 5.32 Å². The molecule has 4 rings (SSSR count). The SMILES string of the molecule is O=C(c1cc(Nc2ccc(F)c(F)c2)nc(-c2ccccc2)n1)N1CCOCC1. The Kier molecular flexibility index (Phi) is 5.44. The molecule has 2 heterocycles. The molecule has 6 nitrogen and oxygen atoms in total. The average molecular weight is 396 g/mol. The number of rotatable bonds is 4. The second kappa shape index (κ2) is 8.32. The first-order valence-electron chi connectivity index (χ1n) is 9.14. The van der Waals surface area contributed by atoms with Crippen molar-refractivity contribution in [2.24, 2.45) is 0 Å². The minimum Gasteiger partial charge on any atom is -0.378 e. The summed E-state index contributed by atoms with van der Waals surface area (Å²) in [5.41, 5.74) is 1.26. The summed E-state index contributed by atoms with van der Waals surface area (Å²) in [6.07, 6.45) is 0. The fourth-order valence-corrected chi connectivity index (χ4v) is 2.99. The molecule has 1 fully saturated rings. The summed E-state index contributed by atoms with van der Waals surface area (Å²) in [5.74, 6) is -1.49. The lowest BCUT2D eigenvalue weighted by molar-refractivity contribution is 0.0299. The first-order chi connectivity index (χ1) is 14.1. The van der Waals surface area contributed by atoms with Crippen LogP contribution in [0.3, 0.4) is 0 Å². The molecule has 1 aromatic heterocycles. The van der Waals surface area contributed by atoms with Crippen molar-refractivity contribution in [3.8, 4) is 11.4 Å². The fourth-order valence-electron chi connectivity index (χ4n) is 2.99. The summed E-state index contributed by atoms with van der Waals surface area (Å²) >= 11 is 0. The van der Waals surface area contributed by atoms with Gasteiger partial charge in [-0.05, 0) is 12.1 Å². The third kappa shape index (κ3) is 4.38. The van der Waals surface area contributed by atoms with Crippen LogP contribution in [0, 0.1) is 11.6 Å². The van der Waals surface area contributed by atoms with E-state index in [9.17, 15) is 13.6 Å². The molecule has 3 aromatic rings. The molecule has 0 atom stereocenters. The number of carbonyl (C=O) groups is 1. The van der Waals surface area contributed by atoms with Gasteiger partial charge in [0, 0.05) is 36.5 Å². The highest BCUT2D eigenvalue weighted by Gasteiger charge is 2.21. The van der Waals surface area contributed by atoms with Crippen molar-refractivity contribution >= 4 is 17.4 Å². The number of anilines is 2. The first-order valence-corrected chi connectivity index (χ1v) is 9.14. The number of halogens is 2. The maximum absolute atomic E-state index is 13.6. The maximum atomic E-state index is 13.6. The Balaban J connectivity index is 1.71. The first kappa shape index (κ1) is 18.9. The highest BCUT2D eigenvalue weighted by Crippen LogP contribution is 2.22. The molecule has 0 radical (unpaired) electrons. The predicted molar refractivity (Wildman–Crippen MR) is 104 cm³/mol. The molecular formula is C21H18F2N4O2. The van der Waals surface area contributed by atoms with Crippen LogP contribution >= 0.6 is 0 Å². The zero-order valence-electron chi connectivity index (χ0n) is 15.4. The molecule has 0 aliphatic carbocycles. The molecule has 1 N–H and O–H groups in total. The van der Waals surface area contributed by atoms with Crippen LogP contribution in [0.25, 0.3) is 11.4 Å². The van der Waals surface area contributed by atoms with Crippen LogP contribution in [0.1, 0.15) is 10.5 Å². The highest BCUT2D eigenvalue weighted by atomic mass is 19.2. The van der Waals surface area contributed by atoms with Gasteiger partial charge in [-0.3, -0.25) is 4.79 Å². The zero-order chi connectivity index (χ0) is 20.2. The van der Waals surface area contributed by atoms with Crippen molar-refractivity contribution in [1.29, 1.82) is 0 Å². The molecule has 148 valence electrons. The Labute approximate surface area is 166 Å². The van der Waals surface area contributed by atoms with Crippen molar-refractivity contribution in [2.45, 2.75) is 0 Å². The number of hydrogen-bond donors (Lipinski definition) is 1. The summed E-state index contributed by atoms with van der Waals surface area (Å²) < 4.78 is 32.1. The van der Waals surface area contributed by atoms with Crippen molar-refractivity contribution in [3.63, 3.8) is 0 Å². The molecule has 1 aliphatic rings. The van der Waals surface area contributed by atoms with Crippen LogP contribution in [-0.2, 0) is 4.74 Å². The number of aromatic nitrogens is 2. The molecule has 1 aliphatic heterocycles. The Hall–Kier alpha value is -3.39. The number of nitrogens with one attached hydrogen (secondary N) is 1. The van der Waals surface area contributed by atoms with Gasteiger partial charge in [-0.2, -0.15) is 0 Å². The van der Waals surface area contributed by atoms with Crippen LogP contribution in [-0.4, -0.2) is 47.1 Å². The molecular weight excluding hydrogens is 378 g/mol. The van der Waals surface area contributed by atoms with Crippen molar-refractivity contribution < 1.29 is 18.3 Å². The van der Waals surface area contributed by atoms with Crippen LogP contribution in [0.15, 0.2) is 54.6 Å². The van der Waals surface area contributed by atoms with Gasteiger partial charge in [-0.15, -0.1) is 0 Å². The number of ether oxygens (including phenoxy) is 1. The van der Waals surface area contributed by atoms with E-state index in [1.165, 1.54) is 12.1 Å². The van der Waals surface area contributed by atoms with Crippen molar-refractivity contribution in [2.75, 3.05) is 31.6 Å². The Bertz CT molecular complexity index is 1020. The quantitative estimate of drug-likeness (QED) is 0.729. The summed E-state index contributed by atoms with van der Waals surface area (Å²) in [4.78, 5) is 23.5. The lowest BCUT2D eigenvalue weighted by Crippen LogP contribution is -2.41. The van der Waals surface area contributed by atoms with Gasteiger partial charge in [0.15, 0.2) is 17.5 Å². The summed E-state index contributed by atoms with van der Waals surface area (Å²) in [6.45, 7) is 1.91. The van der Waals surface area contributed by atoms with Gasteiger partial charge in [0.05, 0.1) is 13.2 Å². The third-order valence-electron chi connectivity index (χ3n) is 4.47. The van der Waals surface area contributed by atoms with E-state index in [0.717, 1.165) is 17.7 Å². The van der Waals surface area contributed by atoms with Gasteiger partial charge >= 0.3 is 0 Å². The molecule has 0 spiro atoms. The smallest absolute Gasteiger partial charge is 0.272 e. The van der Waals surface area contributed by atoms with Crippen molar-refractivity contribution in [1.82, 2.24) is 14.9 Å². The molecule has 0 saturated carbocycles. The summed E-state index contributed by atoms with van der Waals surface area (Å²) in [7, 11) is 0. The van der Waals surface area contributed by atoms with E-state index in [0.29, 0.717) is 43.6 Å². The largest absolute Gasteiger partial charge is 0.378 e. The number of morpholine rings is 1. The third-order valence-corrected chi connectivity index (χ3v) is 4.47.